The van der Waals surface area contributed by atoms with Crippen LogP contribution in [0, 0.1) is 0 Å². The fourth-order valence-corrected chi connectivity index (χ4v) is 3.46. The number of halogens is 1. The minimum atomic E-state index is -0.520. The van der Waals surface area contributed by atoms with Crippen molar-refractivity contribution in [3.63, 3.8) is 0 Å². The summed E-state index contributed by atoms with van der Waals surface area (Å²) < 4.78 is 0. The van der Waals surface area contributed by atoms with Gasteiger partial charge in [-0.25, -0.2) is 0 Å². The van der Waals surface area contributed by atoms with Gasteiger partial charge in [-0.15, -0.1) is 0 Å². The Balaban J connectivity index is 2.24. The van der Waals surface area contributed by atoms with Gasteiger partial charge >= 0.3 is 0 Å². The van der Waals surface area contributed by atoms with Gasteiger partial charge in [0.25, 0.3) is 0 Å². The van der Waals surface area contributed by atoms with E-state index in [-0.39, 0.29) is 23.8 Å². The lowest BCUT2D eigenvalue weighted by Crippen LogP contribution is -2.54. The molecule has 0 aliphatic heterocycles. The molecule has 0 saturated heterocycles. The maximum Gasteiger partial charge on any atom is 0.243 e. The minimum absolute atomic E-state index is 0.0926. The average molecular weight is 415 g/mol. The Morgan fingerprint density at radius 2 is 1.66 bits per heavy atom. The van der Waals surface area contributed by atoms with Gasteiger partial charge in [-0.3, -0.25) is 9.59 Å². The third kappa shape index (κ3) is 7.21. The average Bonchev–Trinajstić information content (AvgIpc) is 2.66. The molecule has 1 unspecified atom stereocenters. The highest BCUT2D eigenvalue weighted by atomic mass is 35.5. The predicted octanol–water partition coefficient (Wildman–Crippen LogP) is 4.65. The molecule has 0 aliphatic rings. The van der Waals surface area contributed by atoms with Crippen molar-refractivity contribution < 1.29 is 9.59 Å². The molecule has 2 aromatic carbocycles. The maximum atomic E-state index is 13.2. The normalized spacial score (nSPS) is 12.3. The van der Waals surface area contributed by atoms with Crippen molar-refractivity contribution in [2.24, 2.45) is 0 Å². The van der Waals surface area contributed by atoms with Crippen LogP contribution < -0.4 is 5.32 Å². The zero-order chi connectivity index (χ0) is 21.4. The Labute approximate surface area is 179 Å². The Morgan fingerprint density at radius 3 is 2.24 bits per heavy atom. The number of hydrogen-bond acceptors (Lipinski definition) is 2. The summed E-state index contributed by atoms with van der Waals surface area (Å²) in [7, 11) is 0. The number of nitrogens with zero attached hydrogens (tertiary/aromatic N) is 1. The molecule has 4 nitrogen and oxygen atoms in total. The summed E-state index contributed by atoms with van der Waals surface area (Å²) in [6, 6.07) is 16.8. The van der Waals surface area contributed by atoms with E-state index in [2.05, 4.69) is 5.32 Å². The van der Waals surface area contributed by atoms with Crippen molar-refractivity contribution in [1.82, 2.24) is 10.2 Å². The van der Waals surface area contributed by atoms with Gasteiger partial charge in [0, 0.05) is 17.1 Å². The molecular weight excluding hydrogens is 384 g/mol. The Morgan fingerprint density at radius 1 is 1.03 bits per heavy atom. The SMILES string of the molecule is CCC(C(=O)NC(C)(C)C)N(CCc1ccccc1)C(=O)Cc1ccccc1Cl. The number of nitrogens with one attached hydrogen (secondary N) is 1. The molecule has 5 heteroatoms. The van der Waals surface area contributed by atoms with Gasteiger partial charge in [-0.2, -0.15) is 0 Å². The van der Waals surface area contributed by atoms with Crippen LogP contribution in [0.5, 0.6) is 0 Å². The van der Waals surface area contributed by atoms with E-state index < -0.39 is 6.04 Å². The summed E-state index contributed by atoms with van der Waals surface area (Å²) >= 11 is 6.26. The van der Waals surface area contributed by atoms with Gasteiger partial charge in [0.1, 0.15) is 6.04 Å². The first-order valence-corrected chi connectivity index (χ1v) is 10.5. The molecule has 2 amide bonds. The largest absolute Gasteiger partial charge is 0.350 e. The first-order chi connectivity index (χ1) is 13.7. The molecule has 0 saturated carbocycles. The van der Waals surface area contributed by atoms with Crippen molar-refractivity contribution >= 4 is 23.4 Å². The van der Waals surface area contributed by atoms with Gasteiger partial charge in [0.2, 0.25) is 11.8 Å². The summed E-state index contributed by atoms with van der Waals surface area (Å²) in [5.74, 6) is -0.217. The fraction of sp³-hybridized carbons (Fsp3) is 0.417. The van der Waals surface area contributed by atoms with E-state index in [1.54, 1.807) is 11.0 Å². The number of amides is 2. The van der Waals surface area contributed by atoms with Crippen LogP contribution in [0.2, 0.25) is 5.02 Å². The van der Waals surface area contributed by atoms with Crippen molar-refractivity contribution in [3.8, 4) is 0 Å². The van der Waals surface area contributed by atoms with Crippen molar-refractivity contribution in [2.45, 2.75) is 58.5 Å². The number of benzene rings is 2. The maximum absolute atomic E-state index is 13.2. The molecule has 156 valence electrons. The van der Waals surface area contributed by atoms with Gasteiger partial charge in [0.05, 0.1) is 6.42 Å². The van der Waals surface area contributed by atoms with E-state index in [0.717, 1.165) is 11.1 Å². The van der Waals surface area contributed by atoms with E-state index in [0.29, 0.717) is 24.4 Å². The predicted molar refractivity (Wildman–Crippen MR) is 119 cm³/mol. The second-order valence-corrected chi connectivity index (χ2v) is 8.66. The molecule has 1 atom stereocenters. The second-order valence-electron chi connectivity index (χ2n) is 8.25. The van der Waals surface area contributed by atoms with E-state index >= 15 is 0 Å². The quantitative estimate of drug-likeness (QED) is 0.683. The third-order valence-electron chi connectivity index (χ3n) is 4.67. The third-order valence-corrected chi connectivity index (χ3v) is 5.04. The summed E-state index contributed by atoms with van der Waals surface area (Å²) in [4.78, 5) is 27.9. The molecule has 1 N–H and O–H groups in total. The van der Waals surface area contributed by atoms with Crippen LogP contribution in [0.3, 0.4) is 0 Å². The first kappa shape index (κ1) is 23.0. The molecular formula is C24H31ClN2O2. The summed E-state index contributed by atoms with van der Waals surface area (Å²) in [5.41, 5.74) is 1.55. The first-order valence-electron chi connectivity index (χ1n) is 10.1. The lowest BCUT2D eigenvalue weighted by Gasteiger charge is -2.33. The van der Waals surface area contributed by atoms with Crippen molar-refractivity contribution in [3.05, 3.63) is 70.7 Å². The topological polar surface area (TPSA) is 49.4 Å². The highest BCUT2D eigenvalue weighted by molar-refractivity contribution is 6.31. The van der Waals surface area contributed by atoms with Crippen molar-refractivity contribution in [2.75, 3.05) is 6.54 Å². The molecule has 0 heterocycles. The van der Waals surface area contributed by atoms with Crippen molar-refractivity contribution in [1.29, 1.82) is 0 Å². The molecule has 29 heavy (non-hydrogen) atoms. The molecule has 0 aromatic heterocycles. The highest BCUT2D eigenvalue weighted by Gasteiger charge is 2.30. The molecule has 0 aliphatic carbocycles. The van der Waals surface area contributed by atoms with E-state index in [9.17, 15) is 9.59 Å². The molecule has 2 rings (SSSR count). The van der Waals surface area contributed by atoms with Gasteiger partial charge in [-0.05, 0) is 50.8 Å². The fourth-order valence-electron chi connectivity index (χ4n) is 3.26. The number of carbonyl (C=O) groups excluding carboxylic acids is 2. The number of hydrogen-bond donors (Lipinski definition) is 1. The smallest absolute Gasteiger partial charge is 0.243 e. The minimum Gasteiger partial charge on any atom is -0.350 e. The van der Waals surface area contributed by atoms with Gasteiger partial charge < -0.3 is 10.2 Å². The molecule has 0 bridgehead atoms. The zero-order valence-corrected chi connectivity index (χ0v) is 18.5. The van der Waals surface area contributed by atoms with Gasteiger partial charge in [0.15, 0.2) is 0 Å². The summed E-state index contributed by atoms with van der Waals surface area (Å²) in [5, 5.41) is 3.59. The molecule has 0 radical (unpaired) electrons. The molecule has 0 fully saturated rings. The second kappa shape index (κ2) is 10.4. The Hall–Kier alpha value is -2.33. The standard InChI is InChI=1S/C24H31ClN2O2/c1-5-21(23(29)26-24(2,3)4)27(16-15-18-11-7-6-8-12-18)22(28)17-19-13-9-10-14-20(19)25/h6-14,21H,5,15-17H2,1-4H3,(H,26,29). The summed E-state index contributed by atoms with van der Waals surface area (Å²) in [6.07, 6.45) is 1.41. The number of carbonyl (C=O) groups is 2. The van der Waals surface area contributed by atoms with Gasteiger partial charge in [-0.1, -0.05) is 67.1 Å². The lowest BCUT2D eigenvalue weighted by atomic mass is 10.0. The van der Waals surface area contributed by atoms with E-state index in [1.807, 2.05) is 76.2 Å². The zero-order valence-electron chi connectivity index (χ0n) is 17.7. The Kier molecular flexibility index (Phi) is 8.27. The van der Waals surface area contributed by atoms with Crippen LogP contribution in [0.1, 0.15) is 45.2 Å². The van der Waals surface area contributed by atoms with Crippen LogP contribution in [0.15, 0.2) is 54.6 Å². The van der Waals surface area contributed by atoms with E-state index in [4.69, 9.17) is 11.6 Å². The highest BCUT2D eigenvalue weighted by Crippen LogP contribution is 2.18. The number of rotatable bonds is 8. The van der Waals surface area contributed by atoms with Crippen LogP contribution >= 0.6 is 11.6 Å². The lowest BCUT2D eigenvalue weighted by molar-refractivity contribution is -0.140. The molecule has 2 aromatic rings. The molecule has 0 spiro atoms. The van der Waals surface area contributed by atoms with Crippen LogP contribution in [0.4, 0.5) is 0 Å². The summed E-state index contributed by atoms with van der Waals surface area (Å²) in [6.45, 7) is 8.24. The van der Waals surface area contributed by atoms with E-state index in [1.165, 1.54) is 0 Å². The Bertz CT molecular complexity index is 815. The monoisotopic (exact) mass is 414 g/mol. The van der Waals surface area contributed by atoms with Crippen LogP contribution in [-0.4, -0.2) is 34.8 Å². The van der Waals surface area contributed by atoms with Crippen LogP contribution in [-0.2, 0) is 22.4 Å². The van der Waals surface area contributed by atoms with Crippen LogP contribution in [0.25, 0.3) is 0 Å².